The fourth-order valence-electron chi connectivity index (χ4n) is 1.50. The lowest BCUT2D eigenvalue weighted by Gasteiger charge is -2.22. The Morgan fingerprint density at radius 2 is 2.05 bits per heavy atom. The van der Waals surface area contributed by atoms with E-state index in [0.29, 0.717) is 19.0 Å². The van der Waals surface area contributed by atoms with Crippen LogP contribution in [0.1, 0.15) is 40.5 Å². The van der Waals surface area contributed by atoms with Crippen LogP contribution in [0.25, 0.3) is 0 Å². The summed E-state index contributed by atoms with van der Waals surface area (Å²) in [5.74, 6) is 0.720. The first-order valence-electron chi connectivity index (χ1n) is 6.75. The van der Waals surface area contributed by atoms with Gasteiger partial charge in [0.2, 0.25) is 5.91 Å². The van der Waals surface area contributed by atoms with Crippen LogP contribution < -0.4 is 16.4 Å². The minimum Gasteiger partial charge on any atom is -0.409 e. The monoisotopic (exact) mass is 272 g/mol. The molecule has 0 aromatic carbocycles. The van der Waals surface area contributed by atoms with Gasteiger partial charge in [-0.1, -0.05) is 32.9 Å². The Balaban J connectivity index is 3.68. The number of hydrogen-bond donors (Lipinski definition) is 4. The first-order valence-corrected chi connectivity index (χ1v) is 6.75. The van der Waals surface area contributed by atoms with Crippen molar-refractivity contribution < 1.29 is 10.0 Å². The van der Waals surface area contributed by atoms with E-state index in [4.69, 9.17) is 10.9 Å². The fourth-order valence-corrected chi connectivity index (χ4v) is 1.50. The molecule has 0 atom stereocenters. The number of nitrogens with two attached hydrogens (primary N) is 1. The molecule has 0 aromatic rings. The van der Waals surface area contributed by atoms with E-state index in [1.807, 2.05) is 13.8 Å². The lowest BCUT2D eigenvalue weighted by molar-refractivity contribution is -0.120. The number of nitrogens with zero attached hydrogens (tertiary/aromatic N) is 1. The summed E-state index contributed by atoms with van der Waals surface area (Å²) < 4.78 is 0. The highest BCUT2D eigenvalue weighted by Crippen LogP contribution is 2.21. The maximum Gasteiger partial charge on any atom is 0.233 e. The average molecular weight is 272 g/mol. The van der Waals surface area contributed by atoms with Crippen molar-refractivity contribution in [3.05, 3.63) is 0 Å². The average Bonchev–Trinajstić information content (AvgIpc) is 2.34. The Morgan fingerprint density at radius 1 is 1.42 bits per heavy atom. The van der Waals surface area contributed by atoms with Gasteiger partial charge < -0.3 is 21.6 Å². The third kappa shape index (κ3) is 8.42. The van der Waals surface area contributed by atoms with Crippen molar-refractivity contribution in [2.45, 2.75) is 40.5 Å². The molecule has 0 unspecified atom stereocenters. The summed E-state index contributed by atoms with van der Waals surface area (Å²) in [6.45, 7) is 9.74. The molecule has 0 aliphatic heterocycles. The third-order valence-corrected chi connectivity index (χ3v) is 2.95. The summed E-state index contributed by atoms with van der Waals surface area (Å²) in [6.07, 6.45) is 1.66. The molecule has 6 heteroatoms. The molecule has 0 aliphatic carbocycles. The van der Waals surface area contributed by atoms with Gasteiger partial charge >= 0.3 is 0 Å². The number of amidine groups is 1. The van der Waals surface area contributed by atoms with Crippen LogP contribution in [0.5, 0.6) is 0 Å². The highest BCUT2D eigenvalue weighted by Gasteiger charge is 2.22. The highest BCUT2D eigenvalue weighted by atomic mass is 16.4. The molecule has 112 valence electrons. The van der Waals surface area contributed by atoms with Crippen LogP contribution in [-0.4, -0.2) is 36.6 Å². The van der Waals surface area contributed by atoms with E-state index in [2.05, 4.69) is 29.6 Å². The number of amides is 1. The van der Waals surface area contributed by atoms with Crippen LogP contribution in [0.2, 0.25) is 0 Å². The van der Waals surface area contributed by atoms with E-state index in [1.165, 1.54) is 0 Å². The van der Waals surface area contributed by atoms with Gasteiger partial charge in [-0.05, 0) is 25.3 Å². The van der Waals surface area contributed by atoms with Gasteiger partial charge in [0.1, 0.15) is 5.84 Å². The van der Waals surface area contributed by atoms with E-state index < -0.39 is 0 Å². The molecular formula is C13H28N4O2. The minimum atomic E-state index is -0.323. The summed E-state index contributed by atoms with van der Waals surface area (Å²) in [5, 5.41) is 17.6. The molecule has 0 bridgehead atoms. The van der Waals surface area contributed by atoms with Crippen molar-refractivity contribution in [3.63, 3.8) is 0 Å². The molecule has 6 nitrogen and oxygen atoms in total. The second-order valence-electron chi connectivity index (χ2n) is 5.85. The van der Waals surface area contributed by atoms with Gasteiger partial charge in [0.15, 0.2) is 0 Å². The van der Waals surface area contributed by atoms with Crippen molar-refractivity contribution in [2.24, 2.45) is 22.2 Å². The lowest BCUT2D eigenvalue weighted by atomic mass is 9.86. The third-order valence-electron chi connectivity index (χ3n) is 2.95. The molecule has 0 rings (SSSR count). The first kappa shape index (κ1) is 17.7. The second kappa shape index (κ2) is 8.74. The Hall–Kier alpha value is -1.30. The van der Waals surface area contributed by atoms with Gasteiger partial charge in [0.05, 0.1) is 6.54 Å². The van der Waals surface area contributed by atoms with Crippen molar-refractivity contribution in [1.82, 2.24) is 10.6 Å². The largest absolute Gasteiger partial charge is 0.409 e. The summed E-state index contributed by atoms with van der Waals surface area (Å²) in [4.78, 5) is 11.4. The van der Waals surface area contributed by atoms with Crippen molar-refractivity contribution >= 4 is 11.7 Å². The summed E-state index contributed by atoms with van der Waals surface area (Å²) in [6, 6.07) is 0. The topological polar surface area (TPSA) is 99.7 Å². The Kier molecular flexibility index (Phi) is 8.14. The van der Waals surface area contributed by atoms with Crippen LogP contribution in [-0.2, 0) is 4.79 Å². The van der Waals surface area contributed by atoms with Gasteiger partial charge in [-0.3, -0.25) is 4.79 Å². The van der Waals surface area contributed by atoms with Crippen molar-refractivity contribution in [3.8, 4) is 0 Å². The number of hydrogen-bond acceptors (Lipinski definition) is 4. The number of carbonyl (C=O) groups is 1. The highest BCUT2D eigenvalue weighted by molar-refractivity contribution is 5.85. The zero-order valence-electron chi connectivity index (χ0n) is 12.5. The predicted molar refractivity (Wildman–Crippen MR) is 77.1 cm³/mol. The minimum absolute atomic E-state index is 0.0180. The molecule has 1 amide bonds. The normalized spacial score (nSPS) is 12.8. The summed E-state index contributed by atoms with van der Waals surface area (Å²) in [7, 11) is 0. The van der Waals surface area contributed by atoms with E-state index >= 15 is 0 Å². The molecule has 0 radical (unpaired) electrons. The Bertz CT molecular complexity index is 301. The number of rotatable bonds is 9. The molecule has 0 spiro atoms. The molecule has 19 heavy (non-hydrogen) atoms. The summed E-state index contributed by atoms with van der Waals surface area (Å²) >= 11 is 0. The fraction of sp³-hybridized carbons (Fsp3) is 0.846. The number of oxime groups is 1. The number of nitrogens with one attached hydrogen (secondary N) is 2. The maximum atomic E-state index is 11.4. The molecule has 0 fully saturated rings. The van der Waals surface area contributed by atoms with Gasteiger partial charge in [-0.2, -0.15) is 0 Å². The van der Waals surface area contributed by atoms with Crippen molar-refractivity contribution in [1.29, 1.82) is 0 Å². The van der Waals surface area contributed by atoms with Crippen LogP contribution in [0.15, 0.2) is 5.16 Å². The van der Waals surface area contributed by atoms with E-state index in [0.717, 1.165) is 19.4 Å². The molecular weight excluding hydrogens is 244 g/mol. The van der Waals surface area contributed by atoms with Crippen LogP contribution in [0.4, 0.5) is 0 Å². The standard InChI is InChI=1S/C13H28N4O2/c1-10(2)8-16-11(18)9-15-7-5-6-13(3,4)12(14)17-19/h10,15,19H,5-9H2,1-4H3,(H2,14,17)(H,16,18). The van der Waals surface area contributed by atoms with E-state index in [-0.39, 0.29) is 17.2 Å². The zero-order valence-corrected chi connectivity index (χ0v) is 12.5. The van der Waals surface area contributed by atoms with Gasteiger partial charge in [-0.15, -0.1) is 0 Å². The Labute approximate surface area is 115 Å². The number of carbonyl (C=O) groups excluding carboxylic acids is 1. The summed E-state index contributed by atoms with van der Waals surface area (Å²) in [5.41, 5.74) is 5.27. The van der Waals surface area contributed by atoms with Gasteiger partial charge in [0, 0.05) is 12.0 Å². The molecule has 0 saturated heterocycles. The zero-order chi connectivity index (χ0) is 14.9. The molecule has 0 heterocycles. The van der Waals surface area contributed by atoms with Crippen molar-refractivity contribution in [2.75, 3.05) is 19.6 Å². The predicted octanol–water partition coefficient (Wildman–Crippen LogP) is 0.901. The molecule has 0 saturated carbocycles. The van der Waals surface area contributed by atoms with Crippen LogP contribution >= 0.6 is 0 Å². The Morgan fingerprint density at radius 3 is 2.58 bits per heavy atom. The van der Waals surface area contributed by atoms with Gasteiger partial charge in [-0.25, -0.2) is 0 Å². The molecule has 0 aliphatic rings. The van der Waals surface area contributed by atoms with Gasteiger partial charge in [0.25, 0.3) is 0 Å². The van der Waals surface area contributed by atoms with Crippen LogP contribution in [0.3, 0.4) is 0 Å². The SMILES string of the molecule is CC(C)CNC(=O)CNCCCC(C)(C)C(N)=NO. The molecule has 0 aromatic heterocycles. The quantitative estimate of drug-likeness (QED) is 0.165. The molecule has 5 N–H and O–H groups in total. The first-order chi connectivity index (χ1) is 8.79. The van der Waals surface area contributed by atoms with E-state index in [9.17, 15) is 4.79 Å². The second-order valence-corrected chi connectivity index (χ2v) is 5.85. The van der Waals surface area contributed by atoms with Crippen LogP contribution in [0, 0.1) is 11.3 Å². The maximum absolute atomic E-state index is 11.4. The smallest absolute Gasteiger partial charge is 0.233 e. The van der Waals surface area contributed by atoms with E-state index in [1.54, 1.807) is 0 Å². The lowest BCUT2D eigenvalue weighted by Crippen LogP contribution is -2.37.